The van der Waals surface area contributed by atoms with E-state index in [-0.39, 0.29) is 22.0 Å². The summed E-state index contributed by atoms with van der Waals surface area (Å²) in [7, 11) is 9.63. The van der Waals surface area contributed by atoms with Crippen molar-refractivity contribution in [3.8, 4) is 0 Å². The van der Waals surface area contributed by atoms with Crippen LogP contribution in [0.5, 0.6) is 0 Å². The molecule has 110 valence electrons. The minimum atomic E-state index is -0.455. The number of H-pyrrole nitrogens is 1. The molecular formula is C8H11Cl2N6O2Pd-. The quantitative estimate of drug-likeness (QED) is 0.472. The summed E-state index contributed by atoms with van der Waals surface area (Å²) in [6.45, 7) is 0. The average Bonchev–Trinajstić information content (AvgIpc) is 2.30. The fraction of sp³-hybridized carbons (Fsp3) is 0.125. The van der Waals surface area contributed by atoms with Gasteiger partial charge in [0.05, 0.1) is 0 Å². The van der Waals surface area contributed by atoms with E-state index >= 15 is 0 Å². The number of aromatic amines is 1. The van der Waals surface area contributed by atoms with E-state index in [9.17, 15) is 9.59 Å². The van der Waals surface area contributed by atoms with Crippen LogP contribution in [0.1, 0.15) is 0 Å². The van der Waals surface area contributed by atoms with E-state index in [0.717, 1.165) is 0 Å². The van der Waals surface area contributed by atoms with Gasteiger partial charge in [-0.3, -0.25) is 9.78 Å². The Morgan fingerprint density at radius 1 is 1.42 bits per heavy atom. The first-order valence-corrected chi connectivity index (χ1v) is 8.56. The van der Waals surface area contributed by atoms with Crippen molar-refractivity contribution in [1.29, 1.82) is 0 Å². The second-order valence-electron chi connectivity index (χ2n) is 2.80. The monoisotopic (exact) mass is 399 g/mol. The maximum atomic E-state index is 10.3. The van der Waals surface area contributed by atoms with Crippen LogP contribution in [-0.2, 0) is 15.9 Å². The summed E-state index contributed by atoms with van der Waals surface area (Å²) >= 11 is -0.106. The van der Waals surface area contributed by atoms with Gasteiger partial charge in [0, 0.05) is 12.4 Å². The van der Waals surface area contributed by atoms with E-state index in [0.29, 0.717) is 5.82 Å². The molecule has 0 saturated heterocycles. The van der Waals surface area contributed by atoms with Crippen molar-refractivity contribution in [2.24, 2.45) is 5.73 Å². The molecule has 1 atom stereocenters. The molecule has 1 aromatic rings. The Hall–Kier alpha value is -1.11. The van der Waals surface area contributed by atoms with Gasteiger partial charge in [0.2, 0.25) is 0 Å². The van der Waals surface area contributed by atoms with Gasteiger partial charge in [0.15, 0.2) is 6.03 Å². The van der Waals surface area contributed by atoms with Crippen LogP contribution >= 0.6 is 19.1 Å². The van der Waals surface area contributed by atoms with E-state index in [2.05, 4.69) is 20.6 Å². The predicted molar refractivity (Wildman–Crippen MR) is 70.0 cm³/mol. The van der Waals surface area contributed by atoms with Gasteiger partial charge < -0.3 is 22.1 Å². The van der Waals surface area contributed by atoms with Crippen molar-refractivity contribution in [1.82, 2.24) is 15.3 Å². The zero-order chi connectivity index (χ0) is 14.7. The number of hydrogen-bond acceptors (Lipinski definition) is 5. The number of nitrogens with one attached hydrogen (secondary N) is 2. The van der Waals surface area contributed by atoms with Crippen molar-refractivity contribution in [2.45, 2.75) is 6.17 Å². The molecule has 0 fully saturated rings. The summed E-state index contributed by atoms with van der Waals surface area (Å²) in [6.07, 6.45) is 3.99. The van der Waals surface area contributed by atoms with Gasteiger partial charge in [-0.25, -0.2) is 9.78 Å². The molecule has 2 heterocycles. The van der Waals surface area contributed by atoms with E-state index in [1.807, 2.05) is 0 Å². The number of nitrogen functional groups attached to an aromatic ring is 1. The number of amides is 2. The molecule has 8 nitrogen and oxygen atoms in total. The SMILES string of the molecule is NC1C=CNC(=O)[N-]1.Nc1ccnc(=O)[nH]1.[Cl][Pd][Cl]. The standard InChI is InChI=1S/C4H7N3O.C4H5N3O.2ClH.Pd/c2*5-3-1-2-6-4(8)7-3;;;/h1-3H,5H2,(H2,6,7,8);1-2H,(H3,5,6,7,8);2*1H;/q;;;;+2/p-3. The zero-order valence-electron chi connectivity index (χ0n) is 9.32. The second kappa shape index (κ2) is 10.8. The molecule has 6 N–H and O–H groups in total. The molecule has 0 spiro atoms. The summed E-state index contributed by atoms with van der Waals surface area (Å²) in [5.41, 5.74) is 9.96. The van der Waals surface area contributed by atoms with Crippen LogP contribution in [-0.4, -0.2) is 22.2 Å². The molecule has 0 aliphatic carbocycles. The summed E-state index contributed by atoms with van der Waals surface area (Å²) in [6, 6.07) is 1.14. The van der Waals surface area contributed by atoms with Gasteiger partial charge in [0.25, 0.3) is 0 Å². The third-order valence-electron chi connectivity index (χ3n) is 1.46. The fourth-order valence-corrected chi connectivity index (χ4v) is 0.816. The Balaban J connectivity index is 0.000000284. The average molecular weight is 401 g/mol. The zero-order valence-corrected chi connectivity index (χ0v) is 12.4. The molecule has 0 aromatic carbocycles. The summed E-state index contributed by atoms with van der Waals surface area (Å²) in [5, 5.41) is 5.77. The van der Waals surface area contributed by atoms with Crippen molar-refractivity contribution in [3.05, 3.63) is 40.3 Å². The first-order chi connectivity index (χ1) is 8.99. The van der Waals surface area contributed by atoms with Gasteiger partial charge in [-0.05, 0) is 6.07 Å². The van der Waals surface area contributed by atoms with Crippen LogP contribution in [0.15, 0.2) is 29.3 Å². The molecule has 1 unspecified atom stereocenters. The third kappa shape index (κ3) is 10.5. The van der Waals surface area contributed by atoms with Gasteiger partial charge >= 0.3 is 40.7 Å². The molecule has 1 aliphatic rings. The Kier molecular flexibility index (Phi) is 10.2. The molecule has 1 aromatic heterocycles. The first-order valence-electron chi connectivity index (χ1n) is 4.56. The summed E-state index contributed by atoms with van der Waals surface area (Å²) in [5.74, 6) is 0.338. The van der Waals surface area contributed by atoms with E-state index in [4.69, 9.17) is 30.5 Å². The van der Waals surface area contributed by atoms with Gasteiger partial charge in [-0.2, -0.15) is 0 Å². The van der Waals surface area contributed by atoms with Crippen LogP contribution in [0.4, 0.5) is 10.6 Å². The van der Waals surface area contributed by atoms with E-state index in [1.165, 1.54) is 18.5 Å². The number of nitrogens with zero attached hydrogens (tertiary/aromatic N) is 2. The Labute approximate surface area is 125 Å². The number of aromatic nitrogens is 2. The van der Waals surface area contributed by atoms with Crippen LogP contribution in [0.2, 0.25) is 0 Å². The van der Waals surface area contributed by atoms with Crippen molar-refractivity contribution >= 4 is 30.9 Å². The number of halogens is 2. The van der Waals surface area contributed by atoms with Crippen molar-refractivity contribution in [3.63, 3.8) is 0 Å². The number of carbonyl (C=O) groups excluding carboxylic acids is 1. The molecule has 0 bridgehead atoms. The predicted octanol–water partition coefficient (Wildman–Crippen LogP) is 0.610. The first kappa shape index (κ1) is 17.9. The number of hydrogen-bond donors (Lipinski definition) is 4. The maximum absolute atomic E-state index is 10.3. The molecule has 0 saturated carbocycles. The van der Waals surface area contributed by atoms with Crippen LogP contribution < -0.4 is 22.5 Å². The Morgan fingerprint density at radius 2 is 2.05 bits per heavy atom. The van der Waals surface area contributed by atoms with Crippen LogP contribution in [0.25, 0.3) is 5.32 Å². The number of anilines is 1. The van der Waals surface area contributed by atoms with Crippen molar-refractivity contribution < 1.29 is 20.7 Å². The van der Waals surface area contributed by atoms with E-state index in [1.54, 1.807) is 6.08 Å². The third-order valence-corrected chi connectivity index (χ3v) is 1.46. The van der Waals surface area contributed by atoms with Gasteiger partial charge in [-0.1, -0.05) is 12.3 Å². The van der Waals surface area contributed by atoms with Crippen molar-refractivity contribution in [2.75, 3.05) is 5.73 Å². The molecule has 11 heteroatoms. The number of nitrogens with two attached hydrogens (primary N) is 2. The fourth-order valence-electron chi connectivity index (χ4n) is 0.816. The van der Waals surface area contributed by atoms with Gasteiger partial charge in [-0.15, -0.1) is 0 Å². The molecule has 2 rings (SSSR count). The van der Waals surface area contributed by atoms with Crippen LogP contribution in [0, 0.1) is 0 Å². The molecule has 1 aliphatic heterocycles. The molecule has 0 radical (unpaired) electrons. The summed E-state index contributed by atoms with van der Waals surface area (Å²) < 4.78 is 0. The molecule has 19 heavy (non-hydrogen) atoms. The Morgan fingerprint density at radius 3 is 2.37 bits per heavy atom. The minimum absolute atomic E-state index is 0.106. The normalized spacial score (nSPS) is 16.2. The number of carbonyl (C=O) groups is 1. The van der Waals surface area contributed by atoms with Gasteiger partial charge in [0.1, 0.15) is 5.82 Å². The molecular weight excluding hydrogens is 389 g/mol. The second-order valence-corrected chi connectivity index (χ2v) is 5.16. The topological polar surface area (TPSA) is 141 Å². The Bertz CT molecular complexity index is 469. The summed E-state index contributed by atoms with van der Waals surface area (Å²) in [4.78, 5) is 26.1. The van der Waals surface area contributed by atoms with Crippen LogP contribution in [0.3, 0.4) is 0 Å². The molecule has 2 amide bonds. The number of rotatable bonds is 0. The van der Waals surface area contributed by atoms with E-state index < -0.39 is 11.9 Å². The number of urea groups is 1.